The van der Waals surface area contributed by atoms with Crippen LogP contribution >= 0.6 is 0 Å². The van der Waals surface area contributed by atoms with E-state index in [0.29, 0.717) is 18.6 Å². The van der Waals surface area contributed by atoms with Crippen LogP contribution in [-0.2, 0) is 16.4 Å². The second-order valence-corrected chi connectivity index (χ2v) is 9.33. The van der Waals surface area contributed by atoms with E-state index in [9.17, 15) is 17.6 Å². The molecule has 0 aliphatic carbocycles. The molecule has 170 valence electrons. The highest BCUT2D eigenvalue weighted by Crippen LogP contribution is 2.26. The minimum absolute atomic E-state index is 0.0223. The number of fused-ring (bicyclic) bond motifs is 1. The molecule has 0 atom stereocenters. The van der Waals surface area contributed by atoms with E-state index in [1.54, 1.807) is 47.3 Å². The van der Waals surface area contributed by atoms with Gasteiger partial charge in [-0.3, -0.25) is 4.79 Å². The van der Waals surface area contributed by atoms with Crippen LogP contribution in [-0.4, -0.2) is 30.3 Å². The van der Waals surface area contributed by atoms with E-state index >= 15 is 0 Å². The van der Waals surface area contributed by atoms with Crippen LogP contribution in [0.5, 0.6) is 5.75 Å². The van der Waals surface area contributed by atoms with Crippen molar-refractivity contribution in [2.24, 2.45) is 0 Å². The molecule has 0 aliphatic rings. The zero-order chi connectivity index (χ0) is 23.4. The van der Waals surface area contributed by atoms with E-state index in [4.69, 9.17) is 4.74 Å². The Kier molecular flexibility index (Phi) is 6.41. The van der Waals surface area contributed by atoms with Gasteiger partial charge in [-0.15, -0.1) is 0 Å². The van der Waals surface area contributed by atoms with Gasteiger partial charge in [0.25, 0.3) is 5.91 Å². The van der Waals surface area contributed by atoms with Crippen molar-refractivity contribution in [2.75, 3.05) is 6.61 Å². The third-order valence-corrected chi connectivity index (χ3v) is 6.78. The highest BCUT2D eigenvalue weighted by molar-refractivity contribution is 7.91. The van der Waals surface area contributed by atoms with Crippen LogP contribution in [0.25, 0.3) is 5.65 Å². The summed E-state index contributed by atoms with van der Waals surface area (Å²) in [6.07, 6.45) is 5.80. The molecule has 33 heavy (non-hydrogen) atoms. The van der Waals surface area contributed by atoms with Crippen molar-refractivity contribution in [3.8, 4) is 5.75 Å². The lowest BCUT2D eigenvalue weighted by molar-refractivity contribution is 0.0950. The second-order valence-electron chi connectivity index (χ2n) is 7.38. The van der Waals surface area contributed by atoms with Gasteiger partial charge in [0, 0.05) is 25.1 Å². The van der Waals surface area contributed by atoms with Crippen molar-refractivity contribution in [2.45, 2.75) is 29.7 Å². The predicted molar refractivity (Wildman–Crippen MR) is 120 cm³/mol. The van der Waals surface area contributed by atoms with Gasteiger partial charge in [0.05, 0.1) is 22.0 Å². The van der Waals surface area contributed by atoms with Gasteiger partial charge in [-0.2, -0.15) is 0 Å². The fourth-order valence-electron chi connectivity index (χ4n) is 3.24. The Hall–Kier alpha value is -3.72. The van der Waals surface area contributed by atoms with Gasteiger partial charge in [0.1, 0.15) is 5.65 Å². The zero-order valence-electron chi connectivity index (χ0n) is 17.9. The number of aromatic nitrogens is 2. The number of carbonyl (C=O) groups excluding carboxylic acids is 1. The minimum Gasteiger partial charge on any atom is -0.491 e. The lowest BCUT2D eigenvalue weighted by Gasteiger charge is -2.10. The van der Waals surface area contributed by atoms with Crippen molar-refractivity contribution in [3.05, 3.63) is 90.1 Å². The SMILES string of the molecule is CCCOc1ccc(S(=O)(=O)c2ccc(CNC(=O)c3ccc4nccn4c3)cc2)cc1F. The molecule has 0 aliphatic heterocycles. The van der Waals surface area contributed by atoms with Crippen LogP contribution in [0.1, 0.15) is 29.3 Å². The number of imidazole rings is 1. The van der Waals surface area contributed by atoms with E-state index in [-0.39, 0.29) is 28.0 Å². The highest BCUT2D eigenvalue weighted by Gasteiger charge is 2.20. The number of carbonyl (C=O) groups is 1. The molecule has 0 fully saturated rings. The van der Waals surface area contributed by atoms with Gasteiger partial charge >= 0.3 is 0 Å². The number of hydrogen-bond acceptors (Lipinski definition) is 5. The van der Waals surface area contributed by atoms with E-state index < -0.39 is 15.7 Å². The van der Waals surface area contributed by atoms with E-state index in [0.717, 1.165) is 17.3 Å². The van der Waals surface area contributed by atoms with Crippen LogP contribution in [0.2, 0.25) is 0 Å². The number of pyridine rings is 1. The molecule has 4 aromatic rings. The number of benzene rings is 2. The first-order valence-corrected chi connectivity index (χ1v) is 11.8. The Labute approximate surface area is 190 Å². The summed E-state index contributed by atoms with van der Waals surface area (Å²) < 4.78 is 47.0. The van der Waals surface area contributed by atoms with Gasteiger partial charge in [0.15, 0.2) is 11.6 Å². The molecule has 9 heteroatoms. The van der Waals surface area contributed by atoms with Crippen molar-refractivity contribution in [3.63, 3.8) is 0 Å². The number of sulfone groups is 1. The summed E-state index contributed by atoms with van der Waals surface area (Å²) in [5, 5.41) is 2.81. The monoisotopic (exact) mass is 467 g/mol. The summed E-state index contributed by atoms with van der Waals surface area (Å²) >= 11 is 0. The summed E-state index contributed by atoms with van der Waals surface area (Å²) in [6, 6.07) is 13.2. The molecule has 2 heterocycles. The topological polar surface area (TPSA) is 89.8 Å². The van der Waals surface area contributed by atoms with E-state index in [1.807, 2.05) is 6.92 Å². The molecule has 7 nitrogen and oxygen atoms in total. The van der Waals surface area contributed by atoms with Gasteiger partial charge in [-0.05, 0) is 54.4 Å². The maximum absolute atomic E-state index is 14.2. The maximum atomic E-state index is 14.2. The summed E-state index contributed by atoms with van der Waals surface area (Å²) in [4.78, 5) is 16.5. The lowest BCUT2D eigenvalue weighted by atomic mass is 10.2. The molecule has 0 saturated carbocycles. The Balaban J connectivity index is 1.43. The molecule has 0 spiro atoms. The number of ether oxygens (including phenoxy) is 1. The number of halogens is 1. The van der Waals surface area contributed by atoms with Crippen LogP contribution in [0.3, 0.4) is 0 Å². The smallest absolute Gasteiger partial charge is 0.253 e. The van der Waals surface area contributed by atoms with Gasteiger partial charge in [0.2, 0.25) is 9.84 Å². The quantitative estimate of drug-likeness (QED) is 0.423. The van der Waals surface area contributed by atoms with Crippen LogP contribution in [0, 0.1) is 5.82 Å². The Morgan fingerprint density at radius 1 is 1.09 bits per heavy atom. The predicted octanol–water partition coefficient (Wildman–Crippen LogP) is 4.03. The molecular weight excluding hydrogens is 445 g/mol. The van der Waals surface area contributed by atoms with Crippen molar-refractivity contribution in [1.29, 1.82) is 0 Å². The first-order valence-electron chi connectivity index (χ1n) is 10.4. The molecule has 4 rings (SSSR count). The molecule has 2 aromatic heterocycles. The molecular formula is C24H22FN3O4S. The third-order valence-electron chi connectivity index (χ3n) is 5.01. The van der Waals surface area contributed by atoms with Crippen LogP contribution < -0.4 is 10.1 Å². The van der Waals surface area contributed by atoms with Crippen LogP contribution in [0.15, 0.2) is 83.0 Å². The number of nitrogens with one attached hydrogen (secondary N) is 1. The molecule has 0 bridgehead atoms. The zero-order valence-corrected chi connectivity index (χ0v) is 18.7. The lowest BCUT2D eigenvalue weighted by Crippen LogP contribution is -2.23. The normalized spacial score (nSPS) is 11.5. The minimum atomic E-state index is -3.90. The summed E-state index contributed by atoms with van der Waals surface area (Å²) in [7, 11) is -3.90. The first-order chi connectivity index (χ1) is 15.9. The second kappa shape index (κ2) is 9.41. The molecule has 1 amide bonds. The Bertz CT molecular complexity index is 1400. The van der Waals surface area contributed by atoms with Crippen molar-refractivity contribution in [1.82, 2.24) is 14.7 Å². The molecule has 0 saturated heterocycles. The van der Waals surface area contributed by atoms with Crippen molar-refractivity contribution >= 4 is 21.4 Å². The first kappa shape index (κ1) is 22.5. The number of amides is 1. The summed E-state index contributed by atoms with van der Waals surface area (Å²) in [6.45, 7) is 2.46. The largest absolute Gasteiger partial charge is 0.491 e. The maximum Gasteiger partial charge on any atom is 0.253 e. The molecule has 0 unspecified atom stereocenters. The van der Waals surface area contributed by atoms with Crippen LogP contribution in [0.4, 0.5) is 4.39 Å². The molecule has 1 N–H and O–H groups in total. The Morgan fingerprint density at radius 2 is 1.85 bits per heavy atom. The third kappa shape index (κ3) is 4.88. The fraction of sp³-hybridized carbons (Fsp3) is 0.167. The molecule has 0 radical (unpaired) electrons. The summed E-state index contributed by atoms with van der Waals surface area (Å²) in [5.41, 5.74) is 1.94. The van der Waals surface area contributed by atoms with E-state index in [1.165, 1.54) is 24.3 Å². The average molecular weight is 468 g/mol. The van der Waals surface area contributed by atoms with Gasteiger partial charge in [-0.25, -0.2) is 17.8 Å². The number of rotatable bonds is 8. The average Bonchev–Trinajstić information content (AvgIpc) is 3.30. The van der Waals surface area contributed by atoms with Gasteiger partial charge < -0.3 is 14.5 Å². The Morgan fingerprint density at radius 3 is 2.58 bits per heavy atom. The number of hydrogen-bond donors (Lipinski definition) is 1. The fourth-order valence-corrected chi connectivity index (χ4v) is 4.51. The highest BCUT2D eigenvalue weighted by atomic mass is 32.2. The number of nitrogens with zero attached hydrogens (tertiary/aromatic N) is 2. The standard InChI is InChI=1S/C24H22FN3O4S/c1-2-13-32-22-9-8-20(14-21(22)25)33(30,31)19-6-3-17(4-7-19)15-27-24(29)18-5-10-23-26-11-12-28(23)16-18/h3-12,14,16H,2,13,15H2,1H3,(H,27,29). The van der Waals surface area contributed by atoms with Crippen molar-refractivity contribution < 1.29 is 22.3 Å². The summed E-state index contributed by atoms with van der Waals surface area (Å²) in [5.74, 6) is -0.963. The van der Waals surface area contributed by atoms with E-state index in [2.05, 4.69) is 10.3 Å². The molecule has 2 aromatic carbocycles. The van der Waals surface area contributed by atoms with Gasteiger partial charge in [-0.1, -0.05) is 19.1 Å².